The molecule has 0 N–H and O–H groups in total. The third-order valence-electron chi connectivity index (χ3n) is 5.13. The van der Waals surface area contributed by atoms with Gasteiger partial charge >= 0.3 is 0 Å². The van der Waals surface area contributed by atoms with Gasteiger partial charge in [-0.2, -0.15) is 0 Å². The summed E-state index contributed by atoms with van der Waals surface area (Å²) in [5.74, 6) is 0.761. The minimum absolute atomic E-state index is 0.0909. The molecule has 1 amide bonds. The summed E-state index contributed by atoms with van der Waals surface area (Å²) in [5.41, 5.74) is 2.22. The summed E-state index contributed by atoms with van der Waals surface area (Å²) in [6, 6.07) is 9.31. The van der Waals surface area contributed by atoms with Crippen molar-refractivity contribution in [1.82, 2.24) is 9.47 Å². The fraction of sp³-hybridized carbons (Fsp3) is 0.450. The van der Waals surface area contributed by atoms with Crippen LogP contribution in [-0.4, -0.2) is 28.5 Å². The molecule has 1 unspecified atom stereocenters. The lowest BCUT2D eigenvalue weighted by Crippen LogP contribution is -2.42. The minimum atomic E-state index is -0.449. The number of carbonyl (C=O) groups is 1. The van der Waals surface area contributed by atoms with Crippen molar-refractivity contribution in [3.05, 3.63) is 58.8 Å². The third-order valence-corrected chi connectivity index (χ3v) is 5.13. The van der Waals surface area contributed by atoms with Gasteiger partial charge in [-0.3, -0.25) is 4.79 Å². The molecular weight excluding hydrogens is 314 g/mol. The van der Waals surface area contributed by atoms with Crippen molar-refractivity contribution >= 4 is 11.6 Å². The monoisotopic (exact) mass is 339 g/mol. The van der Waals surface area contributed by atoms with Crippen LogP contribution < -0.4 is 0 Å². The zero-order valence-electron chi connectivity index (χ0n) is 14.9. The molecule has 0 saturated carbocycles. The van der Waals surface area contributed by atoms with Gasteiger partial charge in [0, 0.05) is 25.5 Å². The molecule has 2 heterocycles. The van der Waals surface area contributed by atoms with E-state index >= 15 is 0 Å². The number of aromatic nitrogens is 1. The summed E-state index contributed by atoms with van der Waals surface area (Å²) >= 11 is 0. The molecule has 0 radical (unpaired) electrons. The van der Waals surface area contributed by atoms with Gasteiger partial charge in [-0.25, -0.2) is 0 Å². The Morgan fingerprint density at radius 2 is 1.88 bits per heavy atom. The molecule has 1 atom stereocenters. The molecule has 1 aromatic heterocycles. The van der Waals surface area contributed by atoms with Crippen LogP contribution in [0.3, 0.4) is 0 Å². The van der Waals surface area contributed by atoms with Crippen molar-refractivity contribution in [3.63, 3.8) is 0 Å². The Kier molecular flexibility index (Phi) is 5.31. The number of amides is 1. The van der Waals surface area contributed by atoms with Crippen molar-refractivity contribution < 1.29 is 4.79 Å². The molecule has 1 aromatic carbocycles. The predicted molar refractivity (Wildman–Crippen MR) is 98.8 cm³/mol. The molecule has 1 fully saturated rings. The Morgan fingerprint density at radius 1 is 1.20 bits per heavy atom. The topological polar surface area (TPSA) is 54.7 Å². The second kappa shape index (κ2) is 7.64. The van der Waals surface area contributed by atoms with E-state index in [-0.39, 0.29) is 5.91 Å². The number of aryl methyl sites for hydroxylation is 1. The lowest BCUT2D eigenvalue weighted by Gasteiger charge is -2.33. The molecule has 1 saturated heterocycles. The average Bonchev–Trinajstić information content (AvgIpc) is 3.06. The van der Waals surface area contributed by atoms with Crippen molar-refractivity contribution in [2.24, 2.45) is 11.1 Å². The molecule has 1 aliphatic rings. The largest absolute Gasteiger partial charge is 0.341 e. The van der Waals surface area contributed by atoms with E-state index in [1.807, 2.05) is 52.9 Å². The maximum Gasteiger partial charge on any atom is 0.250 e. The molecule has 5 nitrogen and oxygen atoms in total. The normalized spacial score (nSPS) is 16.6. The molecule has 1 aliphatic heterocycles. The van der Waals surface area contributed by atoms with E-state index in [9.17, 15) is 9.70 Å². The number of nitrogens with zero attached hydrogens (tertiary/aromatic N) is 3. The Balaban J connectivity index is 1.97. The number of rotatable bonds is 5. The SMILES string of the molecule is CCc1cn(C(C(=O)N2CCC(C)CC2)c2ccccc2)cc1N=O. The van der Waals surface area contributed by atoms with Gasteiger partial charge in [-0.1, -0.05) is 44.2 Å². The predicted octanol–water partition coefficient (Wildman–Crippen LogP) is 4.30. The average molecular weight is 339 g/mol. The second-order valence-corrected chi connectivity index (χ2v) is 6.88. The maximum atomic E-state index is 13.3. The van der Waals surface area contributed by atoms with Gasteiger partial charge in [0.2, 0.25) is 5.91 Å². The number of hydrogen-bond donors (Lipinski definition) is 0. The van der Waals surface area contributed by atoms with Crippen LogP contribution in [0.2, 0.25) is 0 Å². The van der Waals surface area contributed by atoms with Gasteiger partial charge in [0.1, 0.15) is 11.7 Å². The van der Waals surface area contributed by atoms with E-state index in [0.717, 1.165) is 37.1 Å². The van der Waals surface area contributed by atoms with Crippen molar-refractivity contribution in [3.8, 4) is 0 Å². The lowest BCUT2D eigenvalue weighted by molar-refractivity contribution is -0.134. The molecule has 5 heteroatoms. The van der Waals surface area contributed by atoms with E-state index in [2.05, 4.69) is 12.1 Å². The highest BCUT2D eigenvalue weighted by atomic mass is 16.3. The van der Waals surface area contributed by atoms with Crippen LogP contribution in [0, 0.1) is 10.8 Å². The molecule has 0 spiro atoms. The lowest BCUT2D eigenvalue weighted by atomic mass is 9.97. The molecule has 132 valence electrons. The van der Waals surface area contributed by atoms with Gasteiger partial charge in [0.15, 0.2) is 0 Å². The number of carbonyl (C=O) groups excluding carboxylic acids is 1. The first-order valence-electron chi connectivity index (χ1n) is 9.01. The third kappa shape index (κ3) is 3.65. The zero-order chi connectivity index (χ0) is 17.8. The summed E-state index contributed by atoms with van der Waals surface area (Å²) in [6.07, 6.45) is 6.39. The minimum Gasteiger partial charge on any atom is -0.341 e. The number of nitroso groups, excluding NO2 is 1. The highest BCUT2D eigenvalue weighted by molar-refractivity contribution is 5.84. The van der Waals surface area contributed by atoms with E-state index in [1.165, 1.54) is 0 Å². The summed E-state index contributed by atoms with van der Waals surface area (Å²) in [5, 5.41) is 3.12. The van der Waals surface area contributed by atoms with Crippen LogP contribution in [-0.2, 0) is 11.2 Å². The number of piperidine rings is 1. The van der Waals surface area contributed by atoms with E-state index in [0.29, 0.717) is 18.0 Å². The molecule has 2 aromatic rings. The molecule has 3 rings (SSSR count). The van der Waals surface area contributed by atoms with Crippen LogP contribution in [0.15, 0.2) is 47.9 Å². The van der Waals surface area contributed by atoms with Gasteiger partial charge in [-0.15, -0.1) is 4.91 Å². The maximum absolute atomic E-state index is 13.3. The quantitative estimate of drug-likeness (QED) is 0.763. The van der Waals surface area contributed by atoms with E-state index in [1.54, 1.807) is 6.20 Å². The first-order valence-corrected chi connectivity index (χ1v) is 9.01. The second-order valence-electron chi connectivity index (χ2n) is 6.88. The smallest absolute Gasteiger partial charge is 0.250 e. The van der Waals surface area contributed by atoms with Gasteiger partial charge in [-0.05, 0) is 41.5 Å². The molecule has 0 aliphatic carbocycles. The van der Waals surface area contributed by atoms with Gasteiger partial charge < -0.3 is 9.47 Å². The van der Waals surface area contributed by atoms with Crippen LogP contribution in [0.1, 0.15) is 43.9 Å². The Hall–Kier alpha value is -2.43. The molecular formula is C20H25N3O2. The number of likely N-dealkylation sites (tertiary alicyclic amines) is 1. The fourth-order valence-electron chi connectivity index (χ4n) is 3.49. The zero-order valence-corrected chi connectivity index (χ0v) is 14.9. The summed E-state index contributed by atoms with van der Waals surface area (Å²) < 4.78 is 1.85. The van der Waals surface area contributed by atoms with Gasteiger partial charge in [0.05, 0.1) is 0 Å². The Bertz CT molecular complexity index is 731. The van der Waals surface area contributed by atoms with Crippen LogP contribution in [0.25, 0.3) is 0 Å². The highest BCUT2D eigenvalue weighted by Crippen LogP contribution is 2.29. The highest BCUT2D eigenvalue weighted by Gasteiger charge is 2.30. The van der Waals surface area contributed by atoms with Crippen LogP contribution >= 0.6 is 0 Å². The van der Waals surface area contributed by atoms with E-state index < -0.39 is 6.04 Å². The summed E-state index contributed by atoms with van der Waals surface area (Å²) in [7, 11) is 0. The Morgan fingerprint density at radius 3 is 2.44 bits per heavy atom. The van der Waals surface area contributed by atoms with Crippen LogP contribution in [0.5, 0.6) is 0 Å². The molecule has 0 bridgehead atoms. The standard InChI is InChI=1S/C20H25N3O2/c1-3-16-13-23(14-18(16)21-25)19(17-7-5-4-6-8-17)20(24)22-11-9-15(2)10-12-22/h4-8,13-15,19H,3,9-12H2,1-2H3. The molecule has 25 heavy (non-hydrogen) atoms. The van der Waals surface area contributed by atoms with Crippen molar-refractivity contribution in [2.75, 3.05) is 13.1 Å². The van der Waals surface area contributed by atoms with Crippen molar-refractivity contribution in [2.45, 2.75) is 39.2 Å². The van der Waals surface area contributed by atoms with Crippen molar-refractivity contribution in [1.29, 1.82) is 0 Å². The first-order chi connectivity index (χ1) is 12.1. The summed E-state index contributed by atoms with van der Waals surface area (Å²) in [6.45, 7) is 5.81. The van der Waals surface area contributed by atoms with E-state index in [4.69, 9.17) is 0 Å². The fourth-order valence-corrected chi connectivity index (χ4v) is 3.49. The number of hydrogen-bond acceptors (Lipinski definition) is 3. The van der Waals surface area contributed by atoms with Gasteiger partial charge in [0.25, 0.3) is 0 Å². The first kappa shape index (κ1) is 17.4. The number of benzene rings is 1. The Labute approximate surface area is 148 Å². The summed E-state index contributed by atoms with van der Waals surface area (Å²) in [4.78, 5) is 26.4. The van der Waals surface area contributed by atoms with Crippen LogP contribution in [0.4, 0.5) is 5.69 Å².